The number of urea groups is 1. The molecule has 0 unspecified atom stereocenters. The fraction of sp³-hybridized carbons (Fsp3) is 0.267. The zero-order chi connectivity index (χ0) is 17.6. The zero-order valence-corrected chi connectivity index (χ0v) is 13.3. The van der Waals surface area contributed by atoms with Crippen LogP contribution in [-0.2, 0) is 14.3 Å². The standard InChI is InChI=1S/C15H16ClFN2O4/c1-8(2)13(14(21)19-15(18)22)23-12(20)7-6-9-10(16)4-3-5-11(9)17/h3-8,13H,1-2H3,(H3,18,19,21,22)/b7-6+/t13-/m1/s1. The molecule has 0 saturated carbocycles. The van der Waals surface area contributed by atoms with E-state index in [9.17, 15) is 18.8 Å². The number of nitrogens with two attached hydrogens (primary N) is 1. The van der Waals surface area contributed by atoms with Crippen molar-refractivity contribution in [3.8, 4) is 0 Å². The number of nitrogens with one attached hydrogen (secondary N) is 1. The summed E-state index contributed by atoms with van der Waals surface area (Å²) in [6, 6.07) is 3.03. The molecular weight excluding hydrogens is 327 g/mol. The highest BCUT2D eigenvalue weighted by Gasteiger charge is 2.26. The number of carbonyl (C=O) groups excluding carboxylic acids is 3. The average Bonchev–Trinajstić information content (AvgIpc) is 2.43. The summed E-state index contributed by atoms with van der Waals surface area (Å²) in [4.78, 5) is 34.2. The van der Waals surface area contributed by atoms with Crippen LogP contribution in [0.3, 0.4) is 0 Å². The highest BCUT2D eigenvalue weighted by molar-refractivity contribution is 6.32. The Bertz CT molecular complexity index is 626. The molecule has 8 heteroatoms. The third-order valence-corrected chi connectivity index (χ3v) is 3.07. The largest absolute Gasteiger partial charge is 0.449 e. The van der Waals surface area contributed by atoms with E-state index < -0.39 is 35.7 Å². The van der Waals surface area contributed by atoms with Gasteiger partial charge in [-0.25, -0.2) is 14.0 Å². The zero-order valence-electron chi connectivity index (χ0n) is 12.5. The fourth-order valence-electron chi connectivity index (χ4n) is 1.67. The lowest BCUT2D eigenvalue weighted by Gasteiger charge is -2.18. The van der Waals surface area contributed by atoms with Gasteiger partial charge < -0.3 is 10.5 Å². The number of amides is 3. The molecular formula is C15H16ClFN2O4. The van der Waals surface area contributed by atoms with E-state index in [1.54, 1.807) is 13.8 Å². The van der Waals surface area contributed by atoms with E-state index >= 15 is 0 Å². The molecule has 3 amide bonds. The van der Waals surface area contributed by atoms with Crippen LogP contribution < -0.4 is 11.1 Å². The van der Waals surface area contributed by atoms with E-state index in [0.717, 1.165) is 12.2 Å². The second kappa shape index (κ2) is 8.28. The number of hydrogen-bond donors (Lipinski definition) is 2. The molecule has 1 atom stereocenters. The summed E-state index contributed by atoms with van der Waals surface area (Å²) in [5, 5.41) is 1.96. The number of rotatable bonds is 5. The molecule has 1 aromatic carbocycles. The first-order chi connectivity index (χ1) is 10.7. The molecule has 1 aromatic rings. The van der Waals surface area contributed by atoms with Crippen LogP contribution in [0.15, 0.2) is 24.3 Å². The monoisotopic (exact) mass is 342 g/mol. The summed E-state index contributed by atoms with van der Waals surface area (Å²) in [5.41, 5.74) is 4.87. The van der Waals surface area contributed by atoms with Crippen molar-refractivity contribution in [2.24, 2.45) is 11.7 Å². The molecule has 0 aromatic heterocycles. The van der Waals surface area contributed by atoms with Crippen LogP contribution >= 0.6 is 11.6 Å². The maximum atomic E-state index is 13.6. The molecule has 0 radical (unpaired) electrons. The van der Waals surface area contributed by atoms with E-state index in [1.165, 1.54) is 18.2 Å². The van der Waals surface area contributed by atoms with Gasteiger partial charge in [0.05, 0.1) is 5.02 Å². The van der Waals surface area contributed by atoms with Crippen LogP contribution in [0.25, 0.3) is 6.08 Å². The summed E-state index contributed by atoms with van der Waals surface area (Å²) < 4.78 is 18.5. The molecule has 3 N–H and O–H groups in total. The maximum Gasteiger partial charge on any atom is 0.331 e. The number of carbonyl (C=O) groups is 3. The van der Waals surface area contributed by atoms with Crippen molar-refractivity contribution >= 4 is 35.6 Å². The topological polar surface area (TPSA) is 98.5 Å². The lowest BCUT2D eigenvalue weighted by atomic mass is 10.1. The first-order valence-corrected chi connectivity index (χ1v) is 7.03. The van der Waals surface area contributed by atoms with E-state index in [0.29, 0.717) is 0 Å². The summed E-state index contributed by atoms with van der Waals surface area (Å²) in [5.74, 6) is -2.72. The van der Waals surface area contributed by atoms with E-state index in [2.05, 4.69) is 0 Å². The summed E-state index contributed by atoms with van der Waals surface area (Å²) >= 11 is 5.82. The van der Waals surface area contributed by atoms with Crippen LogP contribution in [0.1, 0.15) is 19.4 Å². The highest BCUT2D eigenvalue weighted by atomic mass is 35.5. The van der Waals surface area contributed by atoms with Crippen LogP contribution in [-0.4, -0.2) is 24.0 Å². The maximum absolute atomic E-state index is 13.6. The van der Waals surface area contributed by atoms with Gasteiger partial charge in [0.2, 0.25) is 0 Å². The van der Waals surface area contributed by atoms with E-state index in [4.69, 9.17) is 22.1 Å². The molecule has 0 bridgehead atoms. The van der Waals surface area contributed by atoms with Gasteiger partial charge in [-0.1, -0.05) is 31.5 Å². The van der Waals surface area contributed by atoms with Crippen molar-refractivity contribution < 1.29 is 23.5 Å². The van der Waals surface area contributed by atoms with Gasteiger partial charge >= 0.3 is 12.0 Å². The Morgan fingerprint density at radius 3 is 2.52 bits per heavy atom. The predicted molar refractivity (Wildman–Crippen MR) is 82.9 cm³/mol. The molecule has 0 fully saturated rings. The first-order valence-electron chi connectivity index (χ1n) is 6.65. The fourth-order valence-corrected chi connectivity index (χ4v) is 1.90. The third-order valence-electron chi connectivity index (χ3n) is 2.74. The molecule has 23 heavy (non-hydrogen) atoms. The number of esters is 1. The minimum atomic E-state index is -1.21. The minimum absolute atomic E-state index is 0.0220. The van der Waals surface area contributed by atoms with Gasteiger partial charge in [-0.3, -0.25) is 10.1 Å². The Labute approximate surface area is 137 Å². The molecule has 0 aliphatic heterocycles. The Morgan fingerprint density at radius 2 is 2.00 bits per heavy atom. The van der Waals surface area contributed by atoms with Crippen LogP contribution in [0.5, 0.6) is 0 Å². The second-order valence-electron chi connectivity index (χ2n) is 4.92. The van der Waals surface area contributed by atoms with Gasteiger partial charge in [0.25, 0.3) is 5.91 Å². The number of imide groups is 1. The van der Waals surface area contributed by atoms with Gasteiger partial charge in [0.15, 0.2) is 6.10 Å². The highest BCUT2D eigenvalue weighted by Crippen LogP contribution is 2.20. The summed E-state index contributed by atoms with van der Waals surface area (Å²) in [7, 11) is 0. The summed E-state index contributed by atoms with van der Waals surface area (Å²) in [6.45, 7) is 3.24. The molecule has 0 aliphatic carbocycles. The predicted octanol–water partition coefficient (Wildman–Crippen LogP) is 2.25. The molecule has 1 rings (SSSR count). The first kappa shape index (κ1) is 18.6. The molecule has 0 spiro atoms. The Kier molecular flexibility index (Phi) is 6.71. The molecule has 0 saturated heterocycles. The van der Waals surface area contributed by atoms with Crippen molar-refractivity contribution in [2.45, 2.75) is 20.0 Å². The van der Waals surface area contributed by atoms with Crippen molar-refractivity contribution in [2.75, 3.05) is 0 Å². The summed E-state index contributed by atoms with van der Waals surface area (Å²) in [6.07, 6.45) is 0.872. The van der Waals surface area contributed by atoms with Crippen molar-refractivity contribution in [3.05, 3.63) is 40.7 Å². The van der Waals surface area contributed by atoms with E-state index in [1.807, 2.05) is 5.32 Å². The van der Waals surface area contributed by atoms with Crippen LogP contribution in [0.2, 0.25) is 5.02 Å². The normalized spacial score (nSPS) is 12.2. The second-order valence-corrected chi connectivity index (χ2v) is 5.33. The number of hydrogen-bond acceptors (Lipinski definition) is 4. The lowest BCUT2D eigenvalue weighted by molar-refractivity contribution is -0.153. The van der Waals surface area contributed by atoms with Gasteiger partial charge in [0.1, 0.15) is 5.82 Å². The lowest BCUT2D eigenvalue weighted by Crippen LogP contribution is -2.45. The number of primary amides is 1. The quantitative estimate of drug-likeness (QED) is 0.633. The third kappa shape index (κ3) is 5.71. The molecule has 0 heterocycles. The Morgan fingerprint density at radius 1 is 1.35 bits per heavy atom. The van der Waals surface area contributed by atoms with Crippen LogP contribution in [0, 0.1) is 11.7 Å². The Balaban J connectivity index is 2.82. The number of halogens is 2. The van der Waals surface area contributed by atoms with Crippen molar-refractivity contribution in [3.63, 3.8) is 0 Å². The Hall–Kier alpha value is -2.41. The van der Waals surface area contributed by atoms with Gasteiger partial charge in [0, 0.05) is 11.6 Å². The number of benzene rings is 1. The van der Waals surface area contributed by atoms with Crippen molar-refractivity contribution in [1.29, 1.82) is 0 Å². The minimum Gasteiger partial charge on any atom is -0.449 e. The average molecular weight is 343 g/mol. The smallest absolute Gasteiger partial charge is 0.331 e. The van der Waals surface area contributed by atoms with E-state index in [-0.39, 0.29) is 10.6 Å². The number of ether oxygens (including phenoxy) is 1. The van der Waals surface area contributed by atoms with Crippen LogP contribution in [0.4, 0.5) is 9.18 Å². The van der Waals surface area contributed by atoms with Gasteiger partial charge in [-0.05, 0) is 24.1 Å². The van der Waals surface area contributed by atoms with Gasteiger partial charge in [-0.2, -0.15) is 0 Å². The molecule has 6 nitrogen and oxygen atoms in total. The van der Waals surface area contributed by atoms with Crippen molar-refractivity contribution in [1.82, 2.24) is 5.32 Å². The molecule has 124 valence electrons. The SMILES string of the molecule is CC(C)[C@@H](OC(=O)/C=C/c1c(F)cccc1Cl)C(=O)NC(N)=O. The molecule has 0 aliphatic rings. The van der Waals surface area contributed by atoms with Gasteiger partial charge in [-0.15, -0.1) is 0 Å².